The van der Waals surface area contributed by atoms with Crippen LogP contribution in [0.2, 0.25) is 0 Å². The molecule has 1 aromatic heterocycles. The Kier molecular flexibility index (Phi) is 6.05. The molecule has 0 aliphatic rings. The Balaban J connectivity index is 3.00. The van der Waals surface area contributed by atoms with Crippen molar-refractivity contribution < 1.29 is 4.79 Å². The highest BCUT2D eigenvalue weighted by Gasteiger charge is 2.25. The van der Waals surface area contributed by atoms with Crippen molar-refractivity contribution in [2.75, 3.05) is 12.3 Å². The van der Waals surface area contributed by atoms with Gasteiger partial charge < -0.3 is 10.6 Å². The largest absolute Gasteiger partial charge is 0.395 e. The third-order valence-electron chi connectivity index (χ3n) is 3.56. The molecule has 114 valence electrons. The van der Waals surface area contributed by atoms with Gasteiger partial charge in [0, 0.05) is 19.1 Å². The Morgan fingerprint density at radius 2 is 2.00 bits per heavy atom. The van der Waals surface area contributed by atoms with Crippen molar-refractivity contribution >= 4 is 11.6 Å². The molecular weight excluding hydrogens is 252 g/mol. The summed E-state index contributed by atoms with van der Waals surface area (Å²) in [5, 5.41) is 4.33. The fraction of sp³-hybridized carbons (Fsp3) is 0.733. The van der Waals surface area contributed by atoms with Gasteiger partial charge in [0.2, 0.25) is 0 Å². The van der Waals surface area contributed by atoms with Crippen LogP contribution in [0.25, 0.3) is 0 Å². The van der Waals surface area contributed by atoms with Crippen LogP contribution in [0.3, 0.4) is 0 Å². The number of carbonyl (C=O) groups excluding carboxylic acids is 1. The summed E-state index contributed by atoms with van der Waals surface area (Å²) in [6.45, 7) is 11.5. The molecule has 0 spiro atoms. The van der Waals surface area contributed by atoms with E-state index in [2.05, 4.69) is 12.0 Å². The van der Waals surface area contributed by atoms with E-state index in [0.29, 0.717) is 17.9 Å². The van der Waals surface area contributed by atoms with Gasteiger partial charge in [-0.3, -0.25) is 9.48 Å². The molecule has 5 nitrogen and oxygen atoms in total. The van der Waals surface area contributed by atoms with Crippen molar-refractivity contribution in [2.45, 2.75) is 66.5 Å². The Morgan fingerprint density at radius 1 is 1.35 bits per heavy atom. The number of nitrogen functional groups attached to an aromatic ring is 1. The van der Waals surface area contributed by atoms with Crippen LogP contribution < -0.4 is 5.73 Å². The average molecular weight is 280 g/mol. The zero-order valence-corrected chi connectivity index (χ0v) is 13.4. The zero-order valence-electron chi connectivity index (χ0n) is 13.4. The molecule has 0 saturated carbocycles. The Hall–Kier alpha value is -1.52. The number of nitrogens with two attached hydrogens (primary N) is 1. The summed E-state index contributed by atoms with van der Waals surface area (Å²) in [5.74, 6) is -0.00365. The van der Waals surface area contributed by atoms with Crippen LogP contribution in [0.4, 0.5) is 5.69 Å². The SMILES string of the molecule is CCCCCN(C(=O)c1c(N)c(C)nn1CC)C(C)C. The van der Waals surface area contributed by atoms with Gasteiger partial charge in [-0.1, -0.05) is 19.8 Å². The minimum atomic E-state index is -0.00365. The number of hydrogen-bond donors (Lipinski definition) is 1. The zero-order chi connectivity index (χ0) is 15.3. The molecule has 0 atom stereocenters. The van der Waals surface area contributed by atoms with Gasteiger partial charge >= 0.3 is 0 Å². The molecule has 0 saturated heterocycles. The summed E-state index contributed by atoms with van der Waals surface area (Å²) in [4.78, 5) is 14.7. The van der Waals surface area contributed by atoms with Crippen molar-refractivity contribution in [3.8, 4) is 0 Å². The van der Waals surface area contributed by atoms with Gasteiger partial charge in [0.25, 0.3) is 5.91 Å². The van der Waals surface area contributed by atoms with Crippen LogP contribution in [0, 0.1) is 6.92 Å². The topological polar surface area (TPSA) is 64.2 Å². The van der Waals surface area contributed by atoms with Crippen molar-refractivity contribution in [1.82, 2.24) is 14.7 Å². The number of aryl methyl sites for hydroxylation is 2. The molecule has 0 unspecified atom stereocenters. The maximum Gasteiger partial charge on any atom is 0.274 e. The highest BCUT2D eigenvalue weighted by molar-refractivity contribution is 5.98. The molecule has 0 fully saturated rings. The molecule has 1 rings (SSSR count). The number of rotatable bonds is 7. The van der Waals surface area contributed by atoms with E-state index in [9.17, 15) is 4.79 Å². The first-order valence-electron chi connectivity index (χ1n) is 7.57. The third-order valence-corrected chi connectivity index (χ3v) is 3.56. The molecule has 0 aliphatic heterocycles. The van der Waals surface area contributed by atoms with E-state index in [1.54, 1.807) is 4.68 Å². The summed E-state index contributed by atoms with van der Waals surface area (Å²) >= 11 is 0. The second-order valence-corrected chi connectivity index (χ2v) is 5.46. The lowest BCUT2D eigenvalue weighted by molar-refractivity contribution is 0.0690. The molecule has 1 heterocycles. The normalized spacial score (nSPS) is 11.1. The average Bonchev–Trinajstić information content (AvgIpc) is 2.69. The van der Waals surface area contributed by atoms with Crippen molar-refractivity contribution in [1.29, 1.82) is 0 Å². The molecule has 1 aromatic rings. The number of aromatic nitrogens is 2. The molecule has 2 N–H and O–H groups in total. The fourth-order valence-corrected chi connectivity index (χ4v) is 2.31. The first kappa shape index (κ1) is 16.5. The van der Waals surface area contributed by atoms with E-state index in [0.717, 1.165) is 31.5 Å². The highest BCUT2D eigenvalue weighted by atomic mass is 16.2. The van der Waals surface area contributed by atoms with Crippen molar-refractivity contribution in [3.05, 3.63) is 11.4 Å². The second kappa shape index (κ2) is 7.31. The Labute approximate surface area is 122 Å². The van der Waals surface area contributed by atoms with Gasteiger partial charge in [-0.15, -0.1) is 0 Å². The molecule has 0 aromatic carbocycles. The lowest BCUT2D eigenvalue weighted by atomic mass is 10.2. The third kappa shape index (κ3) is 3.52. The summed E-state index contributed by atoms with van der Waals surface area (Å²) in [7, 11) is 0. The van der Waals surface area contributed by atoms with E-state index < -0.39 is 0 Å². The van der Waals surface area contributed by atoms with Crippen molar-refractivity contribution in [3.63, 3.8) is 0 Å². The maximum absolute atomic E-state index is 12.8. The van der Waals surface area contributed by atoms with Crippen LogP contribution in [-0.2, 0) is 6.54 Å². The predicted octanol–water partition coefficient (Wildman–Crippen LogP) is 2.83. The fourth-order valence-electron chi connectivity index (χ4n) is 2.31. The Morgan fingerprint density at radius 3 is 2.50 bits per heavy atom. The smallest absolute Gasteiger partial charge is 0.274 e. The van der Waals surface area contributed by atoms with Gasteiger partial charge in [-0.05, 0) is 34.1 Å². The number of carbonyl (C=O) groups is 1. The summed E-state index contributed by atoms with van der Waals surface area (Å²) in [6, 6.07) is 0.166. The van der Waals surface area contributed by atoms with E-state index in [-0.39, 0.29) is 11.9 Å². The standard InChI is InChI=1S/C15H28N4O/c1-6-8-9-10-18(11(3)4)15(20)14-13(16)12(5)17-19(14)7-2/h11H,6-10,16H2,1-5H3. The highest BCUT2D eigenvalue weighted by Crippen LogP contribution is 2.20. The minimum absolute atomic E-state index is 0.00365. The Bertz CT molecular complexity index is 451. The predicted molar refractivity (Wildman–Crippen MR) is 82.7 cm³/mol. The molecule has 0 radical (unpaired) electrons. The first-order valence-corrected chi connectivity index (χ1v) is 7.57. The van der Waals surface area contributed by atoms with Gasteiger partial charge in [0.1, 0.15) is 5.69 Å². The molecule has 5 heteroatoms. The summed E-state index contributed by atoms with van der Waals surface area (Å²) in [5.41, 5.74) is 7.82. The van der Waals surface area contributed by atoms with Gasteiger partial charge in [0.05, 0.1) is 11.4 Å². The molecule has 0 bridgehead atoms. The van der Waals surface area contributed by atoms with E-state index in [1.165, 1.54) is 0 Å². The lowest BCUT2D eigenvalue weighted by Crippen LogP contribution is -2.39. The molecule has 0 aliphatic carbocycles. The molecule has 1 amide bonds. The number of nitrogens with zero attached hydrogens (tertiary/aromatic N) is 3. The quantitative estimate of drug-likeness (QED) is 0.781. The van der Waals surface area contributed by atoms with E-state index in [1.807, 2.05) is 32.6 Å². The number of hydrogen-bond acceptors (Lipinski definition) is 3. The van der Waals surface area contributed by atoms with Crippen LogP contribution in [-0.4, -0.2) is 33.2 Å². The molecule has 20 heavy (non-hydrogen) atoms. The van der Waals surface area contributed by atoms with E-state index in [4.69, 9.17) is 5.73 Å². The lowest BCUT2D eigenvalue weighted by Gasteiger charge is -2.27. The van der Waals surface area contributed by atoms with Crippen LogP contribution in [0.15, 0.2) is 0 Å². The molecular formula is C15H28N4O. The van der Waals surface area contributed by atoms with Gasteiger partial charge in [-0.2, -0.15) is 5.10 Å². The first-order chi connectivity index (χ1) is 9.43. The monoisotopic (exact) mass is 280 g/mol. The van der Waals surface area contributed by atoms with Crippen LogP contribution >= 0.6 is 0 Å². The van der Waals surface area contributed by atoms with E-state index >= 15 is 0 Å². The summed E-state index contributed by atoms with van der Waals surface area (Å²) < 4.78 is 1.71. The van der Waals surface area contributed by atoms with Crippen LogP contribution in [0.1, 0.15) is 63.1 Å². The maximum atomic E-state index is 12.8. The van der Waals surface area contributed by atoms with Crippen molar-refractivity contribution in [2.24, 2.45) is 0 Å². The van der Waals surface area contributed by atoms with Gasteiger partial charge in [-0.25, -0.2) is 0 Å². The van der Waals surface area contributed by atoms with Gasteiger partial charge in [0.15, 0.2) is 0 Å². The minimum Gasteiger partial charge on any atom is -0.395 e. The summed E-state index contributed by atoms with van der Waals surface area (Å²) in [6.07, 6.45) is 3.31. The number of anilines is 1. The van der Waals surface area contributed by atoms with Crippen LogP contribution in [0.5, 0.6) is 0 Å². The number of unbranched alkanes of at least 4 members (excludes halogenated alkanes) is 2. The number of amides is 1. The second-order valence-electron chi connectivity index (χ2n) is 5.46.